The van der Waals surface area contributed by atoms with Gasteiger partial charge in [0.25, 0.3) is 0 Å². The molecular weight excluding hydrogens is 316 g/mol. The average Bonchev–Trinajstić information content (AvgIpc) is 3.19. The van der Waals surface area contributed by atoms with Gasteiger partial charge in [-0.1, -0.05) is 28.1 Å². The Balaban J connectivity index is 1.64. The molecule has 20 heavy (non-hydrogen) atoms. The number of hydrogen-bond donors (Lipinski definition) is 1. The first-order chi connectivity index (χ1) is 9.56. The van der Waals surface area contributed by atoms with Gasteiger partial charge in [0.05, 0.1) is 0 Å². The predicted molar refractivity (Wildman–Crippen MR) is 83.4 cm³/mol. The number of halogens is 1. The number of benzene rings is 1. The smallest absolute Gasteiger partial charge is 0.226 e. The normalized spacial score (nSPS) is 33.0. The lowest BCUT2D eigenvalue weighted by Gasteiger charge is -2.36. The zero-order chi connectivity index (χ0) is 14.3. The SMILES string of the molecule is C[C@@H]1C[C@H](N)CCN1C(=O)[C@@H]1C[C@H]1c1ccc(Br)cc1. The van der Waals surface area contributed by atoms with Crippen LogP contribution in [0.1, 0.15) is 37.7 Å². The molecule has 1 saturated heterocycles. The van der Waals surface area contributed by atoms with E-state index in [1.165, 1.54) is 5.56 Å². The minimum absolute atomic E-state index is 0.188. The highest BCUT2D eigenvalue weighted by atomic mass is 79.9. The molecule has 1 amide bonds. The Morgan fingerprint density at radius 1 is 1.30 bits per heavy atom. The van der Waals surface area contributed by atoms with Crippen LogP contribution in [0, 0.1) is 5.92 Å². The molecule has 3 rings (SSSR count). The summed E-state index contributed by atoms with van der Waals surface area (Å²) in [6.45, 7) is 2.94. The van der Waals surface area contributed by atoms with E-state index in [1.54, 1.807) is 0 Å². The van der Waals surface area contributed by atoms with Crippen molar-refractivity contribution in [3.05, 3.63) is 34.3 Å². The number of amides is 1. The largest absolute Gasteiger partial charge is 0.340 e. The molecule has 4 atom stereocenters. The van der Waals surface area contributed by atoms with Crippen LogP contribution in [0.2, 0.25) is 0 Å². The molecule has 1 heterocycles. The Morgan fingerprint density at radius 2 is 2.00 bits per heavy atom. The molecule has 1 aromatic carbocycles. The second kappa shape index (κ2) is 5.49. The monoisotopic (exact) mass is 336 g/mol. The topological polar surface area (TPSA) is 46.3 Å². The summed E-state index contributed by atoms with van der Waals surface area (Å²) in [5, 5.41) is 0. The molecule has 0 radical (unpaired) electrons. The highest BCUT2D eigenvalue weighted by Crippen LogP contribution is 2.49. The van der Waals surface area contributed by atoms with Crippen molar-refractivity contribution in [2.75, 3.05) is 6.54 Å². The second-order valence-corrected chi connectivity index (χ2v) is 7.08. The van der Waals surface area contributed by atoms with Gasteiger partial charge < -0.3 is 10.6 Å². The van der Waals surface area contributed by atoms with E-state index in [1.807, 2.05) is 4.90 Å². The van der Waals surface area contributed by atoms with Crippen LogP contribution in [0.4, 0.5) is 0 Å². The second-order valence-electron chi connectivity index (χ2n) is 6.17. The molecule has 2 N–H and O–H groups in total. The van der Waals surface area contributed by atoms with Crippen molar-refractivity contribution in [2.45, 2.75) is 44.2 Å². The first kappa shape index (κ1) is 14.1. The molecule has 0 aromatic heterocycles. The third kappa shape index (κ3) is 2.77. The fourth-order valence-electron chi connectivity index (χ4n) is 3.30. The standard InChI is InChI=1S/C16H21BrN2O/c1-10-8-13(18)6-7-19(10)16(20)15-9-14(15)11-2-4-12(17)5-3-11/h2-5,10,13-15H,6-9,18H2,1H3/t10-,13-,14+,15-/m1/s1. The highest BCUT2D eigenvalue weighted by molar-refractivity contribution is 9.10. The fraction of sp³-hybridized carbons (Fsp3) is 0.562. The Bertz CT molecular complexity index is 502. The van der Waals surface area contributed by atoms with Crippen molar-refractivity contribution in [3.63, 3.8) is 0 Å². The number of piperidine rings is 1. The van der Waals surface area contributed by atoms with Crippen LogP contribution < -0.4 is 5.73 Å². The van der Waals surface area contributed by atoms with Gasteiger partial charge in [-0.3, -0.25) is 4.79 Å². The van der Waals surface area contributed by atoms with Crippen molar-refractivity contribution in [3.8, 4) is 0 Å². The number of hydrogen-bond acceptors (Lipinski definition) is 2. The molecule has 0 unspecified atom stereocenters. The Kier molecular flexibility index (Phi) is 3.87. The molecule has 2 fully saturated rings. The highest BCUT2D eigenvalue weighted by Gasteiger charge is 2.46. The van der Waals surface area contributed by atoms with E-state index in [-0.39, 0.29) is 18.0 Å². The average molecular weight is 337 g/mol. The summed E-state index contributed by atoms with van der Waals surface area (Å²) in [7, 11) is 0. The van der Waals surface area contributed by atoms with Gasteiger partial charge in [0, 0.05) is 29.0 Å². The lowest BCUT2D eigenvalue weighted by molar-refractivity contribution is -0.136. The summed E-state index contributed by atoms with van der Waals surface area (Å²) in [6, 6.07) is 8.90. The van der Waals surface area contributed by atoms with Crippen LogP contribution in [0.5, 0.6) is 0 Å². The first-order valence-corrected chi connectivity index (χ1v) is 8.17. The van der Waals surface area contributed by atoms with E-state index in [9.17, 15) is 4.79 Å². The molecule has 2 aliphatic rings. The van der Waals surface area contributed by atoms with Crippen molar-refractivity contribution in [2.24, 2.45) is 11.7 Å². The lowest BCUT2D eigenvalue weighted by atomic mass is 9.98. The van der Waals surface area contributed by atoms with E-state index in [0.717, 1.165) is 30.3 Å². The van der Waals surface area contributed by atoms with Gasteiger partial charge in [0.15, 0.2) is 0 Å². The van der Waals surface area contributed by atoms with Gasteiger partial charge in [0.2, 0.25) is 5.91 Å². The molecule has 1 saturated carbocycles. The number of nitrogens with zero attached hydrogens (tertiary/aromatic N) is 1. The van der Waals surface area contributed by atoms with E-state index < -0.39 is 0 Å². The zero-order valence-corrected chi connectivity index (χ0v) is 13.3. The molecule has 1 aliphatic carbocycles. The van der Waals surface area contributed by atoms with Crippen LogP contribution >= 0.6 is 15.9 Å². The minimum Gasteiger partial charge on any atom is -0.340 e. The third-order valence-corrected chi connectivity index (χ3v) is 5.13. The van der Waals surface area contributed by atoms with Crippen molar-refractivity contribution < 1.29 is 4.79 Å². The number of carbonyl (C=O) groups is 1. The van der Waals surface area contributed by atoms with Crippen molar-refractivity contribution in [1.82, 2.24) is 4.90 Å². The predicted octanol–water partition coefficient (Wildman–Crippen LogP) is 2.89. The van der Waals surface area contributed by atoms with Gasteiger partial charge in [-0.2, -0.15) is 0 Å². The first-order valence-electron chi connectivity index (χ1n) is 7.38. The van der Waals surface area contributed by atoms with E-state index in [2.05, 4.69) is 47.1 Å². The molecule has 3 nitrogen and oxygen atoms in total. The lowest BCUT2D eigenvalue weighted by Crippen LogP contribution is -2.49. The maximum absolute atomic E-state index is 12.6. The summed E-state index contributed by atoms with van der Waals surface area (Å²) in [5.74, 6) is 0.934. The van der Waals surface area contributed by atoms with E-state index in [0.29, 0.717) is 11.8 Å². The molecule has 1 aliphatic heterocycles. The van der Waals surface area contributed by atoms with Crippen molar-refractivity contribution >= 4 is 21.8 Å². The third-order valence-electron chi connectivity index (χ3n) is 4.61. The minimum atomic E-state index is 0.188. The molecule has 0 bridgehead atoms. The maximum atomic E-state index is 12.6. The molecule has 108 valence electrons. The van der Waals surface area contributed by atoms with Crippen LogP contribution in [0.15, 0.2) is 28.7 Å². The number of likely N-dealkylation sites (tertiary alicyclic amines) is 1. The van der Waals surface area contributed by atoms with Crippen LogP contribution in [0.3, 0.4) is 0 Å². The van der Waals surface area contributed by atoms with E-state index >= 15 is 0 Å². The van der Waals surface area contributed by atoms with Crippen LogP contribution in [-0.2, 0) is 4.79 Å². The Hall–Kier alpha value is -0.870. The summed E-state index contributed by atoms with van der Waals surface area (Å²) in [5.41, 5.74) is 7.25. The zero-order valence-electron chi connectivity index (χ0n) is 11.8. The summed E-state index contributed by atoms with van der Waals surface area (Å²) >= 11 is 3.45. The fourth-order valence-corrected chi connectivity index (χ4v) is 3.56. The summed E-state index contributed by atoms with van der Waals surface area (Å²) < 4.78 is 1.09. The van der Waals surface area contributed by atoms with Gasteiger partial charge >= 0.3 is 0 Å². The quantitative estimate of drug-likeness (QED) is 0.902. The molecule has 1 aromatic rings. The molecular formula is C16H21BrN2O. The van der Waals surface area contributed by atoms with Gasteiger partial charge in [0.1, 0.15) is 0 Å². The molecule has 4 heteroatoms. The van der Waals surface area contributed by atoms with Crippen LogP contribution in [-0.4, -0.2) is 29.4 Å². The Labute approximate surface area is 128 Å². The van der Waals surface area contributed by atoms with Crippen molar-refractivity contribution in [1.29, 1.82) is 0 Å². The molecule has 0 spiro atoms. The number of rotatable bonds is 2. The maximum Gasteiger partial charge on any atom is 0.226 e. The van der Waals surface area contributed by atoms with Crippen LogP contribution in [0.25, 0.3) is 0 Å². The van der Waals surface area contributed by atoms with Gasteiger partial charge in [-0.15, -0.1) is 0 Å². The Morgan fingerprint density at radius 3 is 2.65 bits per heavy atom. The summed E-state index contributed by atoms with van der Waals surface area (Å²) in [6.07, 6.45) is 2.86. The van der Waals surface area contributed by atoms with Gasteiger partial charge in [-0.25, -0.2) is 0 Å². The summed E-state index contributed by atoms with van der Waals surface area (Å²) in [4.78, 5) is 14.7. The number of carbonyl (C=O) groups excluding carboxylic acids is 1. The number of nitrogens with two attached hydrogens (primary N) is 1. The van der Waals surface area contributed by atoms with Gasteiger partial charge in [-0.05, 0) is 49.8 Å². The van der Waals surface area contributed by atoms with E-state index in [4.69, 9.17) is 5.73 Å².